The number of Topliss-reactive ketones (excluding diaryl/α,β-unsaturated/α-hetero) is 1. The van der Waals surface area contributed by atoms with Crippen LogP contribution in [-0.4, -0.2) is 18.2 Å². The zero-order valence-electron chi connectivity index (χ0n) is 15.7. The van der Waals surface area contributed by atoms with Crippen molar-refractivity contribution in [2.75, 3.05) is 0 Å². The molecule has 2 aromatic carbocycles. The van der Waals surface area contributed by atoms with Gasteiger partial charge in [0.1, 0.15) is 5.75 Å². The Labute approximate surface area is 155 Å². The van der Waals surface area contributed by atoms with E-state index in [-0.39, 0.29) is 11.2 Å². The second-order valence-electron chi connectivity index (χ2n) is 8.08. The fourth-order valence-corrected chi connectivity index (χ4v) is 3.48. The van der Waals surface area contributed by atoms with Gasteiger partial charge < -0.3 is 4.74 Å². The number of hydrogen-bond acceptors (Lipinski definition) is 3. The molecule has 0 N–H and O–H groups in total. The van der Waals surface area contributed by atoms with Gasteiger partial charge in [0.05, 0.1) is 5.56 Å². The molecule has 0 amide bonds. The van der Waals surface area contributed by atoms with Gasteiger partial charge in [-0.05, 0) is 47.4 Å². The van der Waals surface area contributed by atoms with Crippen LogP contribution >= 0.6 is 0 Å². The van der Waals surface area contributed by atoms with Crippen LogP contribution in [0.3, 0.4) is 0 Å². The fourth-order valence-electron chi connectivity index (χ4n) is 3.48. The lowest BCUT2D eigenvalue weighted by Gasteiger charge is -2.30. The molecule has 136 valence electrons. The first-order valence-electron chi connectivity index (χ1n) is 9.22. The van der Waals surface area contributed by atoms with Crippen LogP contribution in [-0.2, 0) is 10.2 Å². The predicted molar refractivity (Wildman–Crippen MR) is 103 cm³/mol. The molecule has 0 radical (unpaired) electrons. The molecule has 26 heavy (non-hydrogen) atoms. The van der Waals surface area contributed by atoms with Crippen molar-refractivity contribution in [2.45, 2.75) is 57.5 Å². The average molecular weight is 350 g/mol. The first kappa shape index (κ1) is 18.4. The SMILES string of the molecule is CC(C)(C)c1ccc(C=O)c(OC2CC(c3ccccc3)CCC2=O)c1. The summed E-state index contributed by atoms with van der Waals surface area (Å²) in [6, 6.07) is 15.9. The van der Waals surface area contributed by atoms with Gasteiger partial charge in [-0.15, -0.1) is 0 Å². The van der Waals surface area contributed by atoms with Gasteiger partial charge in [-0.2, -0.15) is 0 Å². The highest BCUT2D eigenvalue weighted by atomic mass is 16.5. The first-order valence-corrected chi connectivity index (χ1v) is 9.22. The summed E-state index contributed by atoms with van der Waals surface area (Å²) in [4.78, 5) is 23.9. The van der Waals surface area contributed by atoms with E-state index in [0.717, 1.165) is 18.3 Å². The maximum Gasteiger partial charge on any atom is 0.173 e. The van der Waals surface area contributed by atoms with E-state index in [1.807, 2.05) is 30.3 Å². The van der Waals surface area contributed by atoms with E-state index in [4.69, 9.17) is 4.74 Å². The molecule has 3 heteroatoms. The predicted octanol–water partition coefficient (Wildman–Crippen LogP) is 5.08. The second-order valence-corrected chi connectivity index (χ2v) is 8.08. The van der Waals surface area contributed by atoms with Crippen molar-refractivity contribution < 1.29 is 14.3 Å². The molecule has 0 saturated heterocycles. The van der Waals surface area contributed by atoms with Crippen molar-refractivity contribution in [3.63, 3.8) is 0 Å². The largest absolute Gasteiger partial charge is 0.482 e. The molecule has 3 nitrogen and oxygen atoms in total. The summed E-state index contributed by atoms with van der Waals surface area (Å²) in [7, 11) is 0. The summed E-state index contributed by atoms with van der Waals surface area (Å²) < 4.78 is 6.10. The van der Waals surface area contributed by atoms with E-state index >= 15 is 0 Å². The third-order valence-corrected chi connectivity index (χ3v) is 5.14. The molecule has 0 bridgehead atoms. The van der Waals surface area contributed by atoms with Gasteiger partial charge >= 0.3 is 0 Å². The van der Waals surface area contributed by atoms with Crippen molar-refractivity contribution in [1.82, 2.24) is 0 Å². The molecule has 0 aromatic heterocycles. The number of benzene rings is 2. The lowest BCUT2D eigenvalue weighted by molar-refractivity contribution is -0.128. The number of rotatable bonds is 4. The summed E-state index contributed by atoms with van der Waals surface area (Å²) in [5.41, 5.74) is 2.77. The van der Waals surface area contributed by atoms with Crippen molar-refractivity contribution in [3.8, 4) is 5.75 Å². The smallest absolute Gasteiger partial charge is 0.173 e. The molecule has 2 unspecified atom stereocenters. The van der Waals surface area contributed by atoms with Crippen molar-refractivity contribution in [1.29, 1.82) is 0 Å². The van der Waals surface area contributed by atoms with E-state index in [9.17, 15) is 9.59 Å². The average Bonchev–Trinajstić information content (AvgIpc) is 2.63. The minimum Gasteiger partial charge on any atom is -0.482 e. The van der Waals surface area contributed by atoms with E-state index in [0.29, 0.717) is 30.1 Å². The van der Waals surface area contributed by atoms with Crippen LogP contribution in [0.4, 0.5) is 0 Å². The van der Waals surface area contributed by atoms with Crippen LogP contribution in [0.1, 0.15) is 67.4 Å². The van der Waals surface area contributed by atoms with Gasteiger partial charge in [0.25, 0.3) is 0 Å². The molecule has 1 saturated carbocycles. The minimum absolute atomic E-state index is 0.0529. The highest BCUT2D eigenvalue weighted by Crippen LogP contribution is 2.35. The van der Waals surface area contributed by atoms with Crippen LogP contribution < -0.4 is 4.74 Å². The Morgan fingerprint density at radius 2 is 1.81 bits per heavy atom. The zero-order valence-corrected chi connectivity index (χ0v) is 15.7. The lowest BCUT2D eigenvalue weighted by atomic mass is 9.81. The zero-order chi connectivity index (χ0) is 18.7. The van der Waals surface area contributed by atoms with E-state index < -0.39 is 6.10 Å². The maximum atomic E-state index is 12.4. The Balaban J connectivity index is 1.84. The summed E-state index contributed by atoms with van der Waals surface area (Å²) in [6.07, 6.45) is 2.32. The quantitative estimate of drug-likeness (QED) is 0.722. The van der Waals surface area contributed by atoms with E-state index in [1.165, 1.54) is 5.56 Å². The van der Waals surface area contributed by atoms with Crippen molar-refractivity contribution >= 4 is 12.1 Å². The van der Waals surface area contributed by atoms with E-state index in [2.05, 4.69) is 32.9 Å². The molecular weight excluding hydrogens is 324 g/mol. The van der Waals surface area contributed by atoms with Crippen LogP contribution in [0.5, 0.6) is 5.75 Å². The van der Waals surface area contributed by atoms with Gasteiger partial charge in [-0.3, -0.25) is 9.59 Å². The molecule has 0 heterocycles. The molecular formula is C23H26O3. The first-order chi connectivity index (χ1) is 12.4. The summed E-state index contributed by atoms with van der Waals surface area (Å²) in [5.74, 6) is 0.944. The molecule has 1 aliphatic carbocycles. The number of ether oxygens (including phenoxy) is 1. The third kappa shape index (κ3) is 4.04. The number of hydrogen-bond donors (Lipinski definition) is 0. The minimum atomic E-state index is -0.497. The van der Waals surface area contributed by atoms with Crippen LogP contribution in [0.2, 0.25) is 0 Å². The third-order valence-electron chi connectivity index (χ3n) is 5.14. The Morgan fingerprint density at radius 3 is 2.46 bits per heavy atom. The van der Waals surface area contributed by atoms with E-state index in [1.54, 1.807) is 6.07 Å². The standard InChI is InChI=1S/C23H26O3/c1-23(2,3)19-11-9-18(15-24)21(14-19)26-22-13-17(10-12-20(22)25)16-7-5-4-6-8-16/h4-9,11,14-15,17,22H,10,12-13H2,1-3H3. The molecule has 0 spiro atoms. The van der Waals surface area contributed by atoms with Gasteiger partial charge in [-0.1, -0.05) is 57.2 Å². The van der Waals surface area contributed by atoms with Crippen molar-refractivity contribution in [2.24, 2.45) is 0 Å². The summed E-state index contributed by atoms with van der Waals surface area (Å²) in [5, 5.41) is 0. The molecule has 2 aromatic rings. The Kier molecular flexibility index (Phi) is 5.26. The van der Waals surface area contributed by atoms with Crippen molar-refractivity contribution in [3.05, 3.63) is 65.2 Å². The number of carbonyl (C=O) groups excluding carboxylic acids is 2. The molecule has 1 aliphatic rings. The Hall–Kier alpha value is -2.42. The normalized spacial score (nSPS) is 20.7. The van der Waals surface area contributed by atoms with Gasteiger partial charge in [0.2, 0.25) is 0 Å². The highest BCUT2D eigenvalue weighted by molar-refractivity contribution is 5.85. The van der Waals surface area contributed by atoms with Gasteiger partial charge in [-0.25, -0.2) is 0 Å². The molecule has 1 fully saturated rings. The number of ketones is 1. The highest BCUT2D eigenvalue weighted by Gasteiger charge is 2.31. The number of aldehydes is 1. The van der Waals surface area contributed by atoms with Gasteiger partial charge in [0.15, 0.2) is 18.2 Å². The molecule has 3 rings (SSSR count). The number of carbonyl (C=O) groups is 2. The monoisotopic (exact) mass is 350 g/mol. The van der Waals surface area contributed by atoms with Crippen LogP contribution in [0.25, 0.3) is 0 Å². The maximum absolute atomic E-state index is 12.4. The second kappa shape index (κ2) is 7.45. The lowest BCUT2D eigenvalue weighted by Crippen LogP contribution is -2.34. The van der Waals surface area contributed by atoms with Crippen LogP contribution in [0.15, 0.2) is 48.5 Å². The molecule has 0 aliphatic heterocycles. The summed E-state index contributed by atoms with van der Waals surface area (Å²) >= 11 is 0. The topological polar surface area (TPSA) is 43.4 Å². The Morgan fingerprint density at radius 1 is 1.08 bits per heavy atom. The fraction of sp³-hybridized carbons (Fsp3) is 0.391. The summed E-state index contributed by atoms with van der Waals surface area (Å²) in [6.45, 7) is 6.34. The van der Waals surface area contributed by atoms with Gasteiger partial charge in [0, 0.05) is 6.42 Å². The van der Waals surface area contributed by atoms with Crippen LogP contribution in [0, 0.1) is 0 Å². The Bertz CT molecular complexity index is 787. The molecule has 2 atom stereocenters.